The van der Waals surface area contributed by atoms with E-state index in [9.17, 15) is 18.0 Å². The zero-order chi connectivity index (χ0) is 19.2. The Morgan fingerprint density at radius 3 is 2.70 bits per heavy atom. The number of carbonyl (C=O) groups is 1. The number of pyridine rings is 1. The van der Waals surface area contributed by atoms with Crippen LogP contribution in [-0.4, -0.2) is 20.7 Å². The van der Waals surface area contributed by atoms with Gasteiger partial charge >= 0.3 is 6.18 Å². The number of carbonyl (C=O) groups excluding carboxylic acids is 1. The molecule has 0 atom stereocenters. The minimum absolute atomic E-state index is 0.211. The Balaban J connectivity index is 1.61. The zero-order valence-corrected chi connectivity index (χ0v) is 14.5. The molecular weight excluding hydrogens is 357 g/mol. The smallest absolute Gasteiger partial charge is 0.324 e. The van der Waals surface area contributed by atoms with Crippen molar-refractivity contribution in [1.82, 2.24) is 14.8 Å². The van der Waals surface area contributed by atoms with E-state index in [1.807, 2.05) is 13.0 Å². The van der Waals surface area contributed by atoms with Crippen LogP contribution in [-0.2, 0) is 17.5 Å². The third kappa shape index (κ3) is 3.39. The normalized spacial score (nSPS) is 14.5. The van der Waals surface area contributed by atoms with Gasteiger partial charge in [0, 0.05) is 11.6 Å². The lowest BCUT2D eigenvalue weighted by atomic mass is 10.1. The van der Waals surface area contributed by atoms with Crippen LogP contribution in [0.5, 0.6) is 0 Å². The standard InChI is InChI=1S/C19H17F3N4O/c1-11-17-13(12-6-7-12)8-9-23-18(17)26(25-11)10-16(27)24-15-5-3-2-4-14(15)19(20,21)22/h2-5,8-9,12H,6-7,10H2,1H3,(H,24,27). The molecule has 1 saturated carbocycles. The molecule has 0 unspecified atom stereocenters. The highest BCUT2D eigenvalue weighted by Crippen LogP contribution is 2.43. The van der Waals surface area contributed by atoms with Crippen molar-refractivity contribution in [3.63, 3.8) is 0 Å². The minimum Gasteiger partial charge on any atom is -0.324 e. The molecule has 0 radical (unpaired) electrons. The maximum absolute atomic E-state index is 13.1. The molecule has 1 N–H and O–H groups in total. The van der Waals surface area contributed by atoms with E-state index in [1.54, 1.807) is 6.20 Å². The molecule has 0 saturated heterocycles. The molecular formula is C19H17F3N4O. The Labute approximate surface area is 153 Å². The molecule has 1 aromatic carbocycles. The highest BCUT2D eigenvalue weighted by molar-refractivity contribution is 5.92. The van der Waals surface area contributed by atoms with Gasteiger partial charge in [-0.25, -0.2) is 9.67 Å². The highest BCUT2D eigenvalue weighted by Gasteiger charge is 2.33. The van der Waals surface area contributed by atoms with Crippen molar-refractivity contribution < 1.29 is 18.0 Å². The van der Waals surface area contributed by atoms with Gasteiger partial charge in [-0.05, 0) is 49.4 Å². The molecule has 8 heteroatoms. The lowest BCUT2D eigenvalue weighted by Crippen LogP contribution is -2.22. The maximum Gasteiger partial charge on any atom is 0.418 e. The number of aryl methyl sites for hydroxylation is 1. The molecule has 1 amide bonds. The number of nitrogens with one attached hydrogen (secondary N) is 1. The Morgan fingerprint density at radius 2 is 2.00 bits per heavy atom. The third-order valence-corrected chi connectivity index (χ3v) is 4.66. The fourth-order valence-electron chi connectivity index (χ4n) is 3.32. The largest absolute Gasteiger partial charge is 0.418 e. The van der Waals surface area contributed by atoms with Gasteiger partial charge in [-0.2, -0.15) is 18.3 Å². The molecule has 1 aliphatic rings. The average Bonchev–Trinajstić information content (AvgIpc) is 3.40. The summed E-state index contributed by atoms with van der Waals surface area (Å²) in [4.78, 5) is 16.7. The van der Waals surface area contributed by atoms with E-state index in [-0.39, 0.29) is 12.2 Å². The summed E-state index contributed by atoms with van der Waals surface area (Å²) in [5.41, 5.74) is 1.37. The summed E-state index contributed by atoms with van der Waals surface area (Å²) in [6.45, 7) is 1.64. The van der Waals surface area contributed by atoms with Gasteiger partial charge in [-0.3, -0.25) is 4.79 Å². The predicted octanol–water partition coefficient (Wildman–Crippen LogP) is 4.27. The minimum atomic E-state index is -4.54. The van der Waals surface area contributed by atoms with Crippen LogP contribution in [0.4, 0.5) is 18.9 Å². The molecule has 1 aliphatic carbocycles. The van der Waals surface area contributed by atoms with Gasteiger partial charge in [0.25, 0.3) is 0 Å². The van der Waals surface area contributed by atoms with Crippen LogP contribution in [0.15, 0.2) is 36.5 Å². The summed E-state index contributed by atoms with van der Waals surface area (Å²) in [7, 11) is 0. The molecule has 0 aliphatic heterocycles. The van der Waals surface area contributed by atoms with Gasteiger partial charge in [-0.15, -0.1) is 0 Å². The fraction of sp³-hybridized carbons (Fsp3) is 0.316. The van der Waals surface area contributed by atoms with E-state index in [0.29, 0.717) is 11.6 Å². The monoisotopic (exact) mass is 374 g/mol. The first-order valence-corrected chi connectivity index (χ1v) is 8.62. The van der Waals surface area contributed by atoms with Crippen molar-refractivity contribution in [2.45, 2.75) is 38.4 Å². The molecule has 0 spiro atoms. The second kappa shape index (κ2) is 6.37. The number of benzene rings is 1. The van der Waals surface area contributed by atoms with Crippen molar-refractivity contribution >= 4 is 22.6 Å². The molecule has 140 valence electrons. The van der Waals surface area contributed by atoms with Crippen molar-refractivity contribution in [2.24, 2.45) is 0 Å². The van der Waals surface area contributed by atoms with E-state index in [0.717, 1.165) is 30.0 Å². The quantitative estimate of drug-likeness (QED) is 0.742. The van der Waals surface area contributed by atoms with Crippen LogP contribution in [0.3, 0.4) is 0 Å². The summed E-state index contributed by atoms with van der Waals surface area (Å²) in [6.07, 6.45) is -0.610. The number of aromatic nitrogens is 3. The molecule has 0 bridgehead atoms. The second-order valence-electron chi connectivity index (χ2n) is 6.71. The number of anilines is 1. The van der Waals surface area contributed by atoms with Crippen LogP contribution in [0.2, 0.25) is 0 Å². The predicted molar refractivity (Wildman–Crippen MR) is 94.3 cm³/mol. The zero-order valence-electron chi connectivity index (χ0n) is 14.5. The number of para-hydroxylation sites is 1. The van der Waals surface area contributed by atoms with E-state index in [1.165, 1.54) is 28.4 Å². The number of nitrogens with zero attached hydrogens (tertiary/aromatic N) is 3. The summed E-state index contributed by atoms with van der Waals surface area (Å²) >= 11 is 0. The van der Waals surface area contributed by atoms with Gasteiger partial charge in [0.05, 0.1) is 16.9 Å². The van der Waals surface area contributed by atoms with Gasteiger partial charge in [0.2, 0.25) is 5.91 Å². The number of rotatable bonds is 4. The first-order chi connectivity index (χ1) is 12.8. The van der Waals surface area contributed by atoms with Gasteiger partial charge in [0.15, 0.2) is 5.65 Å². The molecule has 5 nitrogen and oxygen atoms in total. The van der Waals surface area contributed by atoms with E-state index in [4.69, 9.17) is 0 Å². The number of amides is 1. The van der Waals surface area contributed by atoms with Crippen molar-refractivity contribution in [3.8, 4) is 0 Å². The van der Waals surface area contributed by atoms with Gasteiger partial charge in [-0.1, -0.05) is 12.1 Å². The average molecular weight is 374 g/mol. The summed E-state index contributed by atoms with van der Waals surface area (Å²) < 4.78 is 40.7. The van der Waals surface area contributed by atoms with Crippen LogP contribution >= 0.6 is 0 Å². The SMILES string of the molecule is Cc1nn(CC(=O)Nc2ccccc2C(F)(F)F)c2nccc(C3CC3)c12. The number of alkyl halides is 3. The lowest BCUT2D eigenvalue weighted by Gasteiger charge is -2.13. The van der Waals surface area contributed by atoms with E-state index >= 15 is 0 Å². The first kappa shape index (κ1) is 17.5. The first-order valence-electron chi connectivity index (χ1n) is 8.62. The molecule has 2 aromatic heterocycles. The Bertz CT molecular complexity index is 1020. The van der Waals surface area contributed by atoms with E-state index in [2.05, 4.69) is 15.4 Å². The molecule has 2 heterocycles. The molecule has 4 rings (SSSR count). The number of hydrogen-bond donors (Lipinski definition) is 1. The van der Waals surface area contributed by atoms with Crippen LogP contribution in [0.25, 0.3) is 11.0 Å². The van der Waals surface area contributed by atoms with Crippen molar-refractivity contribution in [3.05, 3.63) is 53.3 Å². The van der Waals surface area contributed by atoms with Gasteiger partial charge < -0.3 is 5.32 Å². The number of fused-ring (bicyclic) bond motifs is 1. The molecule has 3 aromatic rings. The second-order valence-corrected chi connectivity index (χ2v) is 6.71. The van der Waals surface area contributed by atoms with Crippen LogP contribution in [0, 0.1) is 6.92 Å². The number of halogens is 3. The lowest BCUT2D eigenvalue weighted by molar-refractivity contribution is -0.137. The Morgan fingerprint density at radius 1 is 1.26 bits per heavy atom. The maximum atomic E-state index is 13.1. The summed E-state index contributed by atoms with van der Waals surface area (Å²) in [5, 5.41) is 7.66. The van der Waals surface area contributed by atoms with Crippen LogP contribution in [0.1, 0.15) is 35.6 Å². The van der Waals surface area contributed by atoms with E-state index < -0.39 is 17.6 Å². The third-order valence-electron chi connectivity index (χ3n) is 4.66. The Kier molecular flexibility index (Phi) is 4.13. The molecule has 27 heavy (non-hydrogen) atoms. The fourth-order valence-corrected chi connectivity index (χ4v) is 3.32. The number of hydrogen-bond acceptors (Lipinski definition) is 3. The summed E-state index contributed by atoms with van der Waals surface area (Å²) in [5.74, 6) is -0.0888. The van der Waals surface area contributed by atoms with Crippen LogP contribution < -0.4 is 5.32 Å². The summed E-state index contributed by atoms with van der Waals surface area (Å²) in [6, 6.07) is 6.87. The highest BCUT2D eigenvalue weighted by atomic mass is 19.4. The topological polar surface area (TPSA) is 59.8 Å². The Hall–Kier alpha value is -2.90. The van der Waals surface area contributed by atoms with Gasteiger partial charge in [0.1, 0.15) is 6.54 Å². The molecule has 1 fully saturated rings. The van der Waals surface area contributed by atoms with Crippen molar-refractivity contribution in [2.75, 3.05) is 5.32 Å². The van der Waals surface area contributed by atoms with Crippen molar-refractivity contribution in [1.29, 1.82) is 0 Å².